The molecule has 28 heavy (non-hydrogen) atoms. The second-order valence-electron chi connectivity index (χ2n) is 6.38. The molecule has 1 amide bonds. The highest BCUT2D eigenvalue weighted by atomic mass is 32.2. The predicted molar refractivity (Wildman–Crippen MR) is 101 cm³/mol. The first-order valence-electron chi connectivity index (χ1n) is 8.43. The van der Waals surface area contributed by atoms with Gasteiger partial charge in [0.15, 0.2) is 22.0 Å². The number of aliphatic hydroxyl groups excluding tert-OH is 1. The van der Waals surface area contributed by atoms with Crippen molar-refractivity contribution < 1.29 is 33.0 Å². The highest BCUT2D eigenvalue weighted by Crippen LogP contribution is 2.29. The summed E-state index contributed by atoms with van der Waals surface area (Å²) in [5, 5.41) is 18.6. The molecule has 0 bridgehead atoms. The minimum atomic E-state index is -3.41. The third-order valence-electron chi connectivity index (χ3n) is 4.44. The summed E-state index contributed by atoms with van der Waals surface area (Å²) >= 11 is 0. The van der Waals surface area contributed by atoms with E-state index in [1.165, 1.54) is 11.0 Å². The smallest absolute Gasteiger partial charge is 0.335 e. The Kier molecular flexibility index (Phi) is 5.50. The van der Waals surface area contributed by atoms with Gasteiger partial charge < -0.3 is 19.8 Å². The monoisotopic (exact) mass is 405 g/mol. The van der Waals surface area contributed by atoms with Gasteiger partial charge in [-0.25, -0.2) is 13.2 Å². The van der Waals surface area contributed by atoms with Gasteiger partial charge in [0.05, 0.1) is 11.5 Å². The number of rotatable bonds is 5. The zero-order valence-corrected chi connectivity index (χ0v) is 15.8. The Bertz CT molecular complexity index is 1000. The fraction of sp³-hybridized carbons (Fsp3) is 0.263. The van der Waals surface area contributed by atoms with Crippen LogP contribution in [0.15, 0.2) is 53.4 Å². The van der Waals surface area contributed by atoms with Crippen molar-refractivity contribution in [1.82, 2.24) is 0 Å². The Morgan fingerprint density at radius 2 is 1.82 bits per heavy atom. The standard InChI is InChI=1S/C19H19NO7S/c1-28(25,26)15-5-3-2-4-14(15)12-6-8-13(9-7-12)20-10-11-27-17(18(20)22)16(21)19(23)24/h2-9,16-17,21H,10-11H2,1H3,(H,23,24)/t16-,17-/m1/s1. The molecule has 1 aliphatic rings. The van der Waals surface area contributed by atoms with Crippen LogP contribution in [0.25, 0.3) is 11.1 Å². The first-order valence-corrected chi connectivity index (χ1v) is 10.3. The molecule has 3 rings (SSSR count). The zero-order chi connectivity index (χ0) is 20.5. The van der Waals surface area contributed by atoms with Crippen molar-refractivity contribution in [1.29, 1.82) is 0 Å². The average Bonchev–Trinajstić information content (AvgIpc) is 2.67. The molecular weight excluding hydrogens is 386 g/mol. The van der Waals surface area contributed by atoms with E-state index in [1.807, 2.05) is 0 Å². The summed E-state index contributed by atoms with van der Waals surface area (Å²) in [5.41, 5.74) is 1.70. The van der Waals surface area contributed by atoms with E-state index in [-0.39, 0.29) is 18.0 Å². The zero-order valence-electron chi connectivity index (χ0n) is 15.0. The second kappa shape index (κ2) is 7.70. The molecule has 9 heteroatoms. The molecule has 2 aromatic carbocycles. The average molecular weight is 405 g/mol. The van der Waals surface area contributed by atoms with Crippen LogP contribution >= 0.6 is 0 Å². The lowest BCUT2D eigenvalue weighted by Gasteiger charge is -2.33. The Morgan fingerprint density at radius 3 is 2.43 bits per heavy atom. The van der Waals surface area contributed by atoms with E-state index in [2.05, 4.69) is 0 Å². The van der Waals surface area contributed by atoms with E-state index >= 15 is 0 Å². The molecule has 0 unspecified atom stereocenters. The summed E-state index contributed by atoms with van der Waals surface area (Å²) in [6, 6.07) is 13.3. The number of hydrogen-bond donors (Lipinski definition) is 2. The lowest BCUT2D eigenvalue weighted by molar-refractivity contribution is -0.163. The van der Waals surface area contributed by atoms with Crippen LogP contribution in [-0.4, -0.2) is 62.1 Å². The number of sulfone groups is 1. The van der Waals surface area contributed by atoms with Crippen molar-refractivity contribution >= 4 is 27.4 Å². The highest BCUT2D eigenvalue weighted by molar-refractivity contribution is 7.90. The fourth-order valence-corrected chi connectivity index (χ4v) is 3.98. The van der Waals surface area contributed by atoms with Crippen LogP contribution in [0.5, 0.6) is 0 Å². The van der Waals surface area contributed by atoms with Crippen LogP contribution in [0.2, 0.25) is 0 Å². The SMILES string of the molecule is CS(=O)(=O)c1ccccc1-c1ccc(N2CCO[C@H]([C@@H](O)C(=O)O)C2=O)cc1. The maximum absolute atomic E-state index is 12.5. The Morgan fingerprint density at radius 1 is 1.18 bits per heavy atom. The maximum Gasteiger partial charge on any atom is 0.335 e. The van der Waals surface area contributed by atoms with Crippen LogP contribution < -0.4 is 4.90 Å². The van der Waals surface area contributed by atoms with Gasteiger partial charge in [-0.05, 0) is 23.8 Å². The third kappa shape index (κ3) is 3.91. The summed E-state index contributed by atoms with van der Waals surface area (Å²) < 4.78 is 29.1. The molecule has 148 valence electrons. The number of anilines is 1. The Balaban J connectivity index is 1.90. The molecule has 0 spiro atoms. The van der Waals surface area contributed by atoms with E-state index < -0.39 is 33.9 Å². The van der Waals surface area contributed by atoms with Crippen molar-refractivity contribution in [2.24, 2.45) is 0 Å². The number of aliphatic carboxylic acids is 1. The summed E-state index contributed by atoms with van der Waals surface area (Å²) in [7, 11) is -3.41. The minimum Gasteiger partial charge on any atom is -0.479 e. The largest absolute Gasteiger partial charge is 0.479 e. The van der Waals surface area contributed by atoms with Crippen molar-refractivity contribution in [2.75, 3.05) is 24.3 Å². The molecular formula is C19H19NO7S. The Hall–Kier alpha value is -2.75. The second-order valence-corrected chi connectivity index (χ2v) is 8.36. The van der Waals surface area contributed by atoms with E-state index in [0.29, 0.717) is 16.8 Å². The lowest BCUT2D eigenvalue weighted by Crippen LogP contribution is -2.54. The van der Waals surface area contributed by atoms with Crippen molar-refractivity contribution in [2.45, 2.75) is 17.1 Å². The maximum atomic E-state index is 12.5. The number of benzene rings is 2. The van der Waals surface area contributed by atoms with Gasteiger partial charge in [0.1, 0.15) is 0 Å². The molecule has 2 aromatic rings. The van der Waals surface area contributed by atoms with Crippen LogP contribution in [0.3, 0.4) is 0 Å². The van der Waals surface area contributed by atoms with E-state index in [0.717, 1.165) is 6.26 Å². The van der Waals surface area contributed by atoms with Gasteiger partial charge >= 0.3 is 5.97 Å². The number of nitrogens with zero attached hydrogens (tertiary/aromatic N) is 1. The molecule has 0 aromatic heterocycles. The van der Waals surface area contributed by atoms with Crippen molar-refractivity contribution in [3.63, 3.8) is 0 Å². The van der Waals surface area contributed by atoms with Gasteiger partial charge in [-0.1, -0.05) is 30.3 Å². The van der Waals surface area contributed by atoms with Crippen LogP contribution in [0.4, 0.5) is 5.69 Å². The molecule has 1 heterocycles. The fourth-order valence-electron chi connectivity index (χ4n) is 3.07. The van der Waals surface area contributed by atoms with Gasteiger partial charge in [0.25, 0.3) is 5.91 Å². The number of aliphatic hydroxyl groups is 1. The quantitative estimate of drug-likeness (QED) is 0.759. The Labute approximate surface area is 161 Å². The van der Waals surface area contributed by atoms with Gasteiger partial charge in [-0.2, -0.15) is 0 Å². The molecule has 2 atom stereocenters. The number of ether oxygens (including phenoxy) is 1. The number of amides is 1. The first kappa shape index (κ1) is 20.0. The van der Waals surface area contributed by atoms with E-state index in [4.69, 9.17) is 9.84 Å². The molecule has 2 N–H and O–H groups in total. The van der Waals surface area contributed by atoms with Crippen molar-refractivity contribution in [3.8, 4) is 11.1 Å². The van der Waals surface area contributed by atoms with E-state index in [1.54, 1.807) is 42.5 Å². The minimum absolute atomic E-state index is 0.0827. The predicted octanol–water partition coefficient (Wildman–Crippen LogP) is 0.934. The number of hydrogen-bond acceptors (Lipinski definition) is 6. The van der Waals surface area contributed by atoms with Crippen LogP contribution in [0, 0.1) is 0 Å². The number of carbonyl (C=O) groups is 2. The molecule has 1 saturated heterocycles. The topological polar surface area (TPSA) is 121 Å². The van der Waals surface area contributed by atoms with Crippen molar-refractivity contribution in [3.05, 3.63) is 48.5 Å². The molecule has 0 saturated carbocycles. The molecule has 0 aliphatic carbocycles. The van der Waals surface area contributed by atoms with E-state index in [9.17, 15) is 23.1 Å². The first-order chi connectivity index (χ1) is 13.2. The number of morpholine rings is 1. The molecule has 1 aliphatic heterocycles. The molecule has 1 fully saturated rings. The van der Waals surface area contributed by atoms with Gasteiger partial charge in [-0.15, -0.1) is 0 Å². The number of carboxylic acids is 1. The number of carboxylic acid groups (broad SMARTS) is 1. The van der Waals surface area contributed by atoms with Gasteiger partial charge in [0.2, 0.25) is 0 Å². The molecule has 0 radical (unpaired) electrons. The summed E-state index contributed by atoms with van der Waals surface area (Å²) in [5.74, 6) is -2.18. The highest BCUT2D eigenvalue weighted by Gasteiger charge is 2.39. The summed E-state index contributed by atoms with van der Waals surface area (Å²) in [4.78, 5) is 25.0. The number of carbonyl (C=O) groups excluding carboxylic acids is 1. The third-order valence-corrected chi connectivity index (χ3v) is 5.59. The van der Waals surface area contributed by atoms with Crippen LogP contribution in [-0.2, 0) is 24.2 Å². The van der Waals surface area contributed by atoms with Crippen LogP contribution in [0.1, 0.15) is 0 Å². The molecule has 8 nitrogen and oxygen atoms in total. The summed E-state index contributed by atoms with van der Waals surface area (Å²) in [6.07, 6.45) is -2.28. The lowest BCUT2D eigenvalue weighted by atomic mass is 10.0. The van der Waals surface area contributed by atoms with Gasteiger partial charge in [-0.3, -0.25) is 4.79 Å². The van der Waals surface area contributed by atoms with Gasteiger partial charge in [0, 0.05) is 24.1 Å². The normalized spacial score (nSPS) is 18.7. The summed E-state index contributed by atoms with van der Waals surface area (Å²) in [6.45, 7) is 0.292.